The molecule has 5 rings (SSSR count). The number of hydrogen-bond acceptors (Lipinski definition) is 5. The second-order valence-corrected chi connectivity index (χ2v) is 10.2. The predicted octanol–water partition coefficient (Wildman–Crippen LogP) is 5.64. The molecule has 1 aromatic carbocycles. The molecule has 1 aromatic heterocycles. The topological polar surface area (TPSA) is 65.8 Å². The molecule has 2 aliphatic heterocycles. The van der Waals surface area contributed by atoms with Gasteiger partial charge in [-0.25, -0.2) is 9.48 Å². The molecule has 0 bridgehead atoms. The summed E-state index contributed by atoms with van der Waals surface area (Å²) in [4.78, 5) is 14.6. The number of carbonyl (C=O) groups is 1. The number of hydrogen-bond donors (Lipinski definition) is 0. The molecule has 1 saturated carbocycles. The Kier molecular flexibility index (Phi) is 8.04. The molecule has 3 heterocycles. The summed E-state index contributed by atoms with van der Waals surface area (Å²) >= 11 is 0. The van der Waals surface area contributed by atoms with Crippen LogP contribution in [0.1, 0.15) is 87.1 Å². The molecule has 1 aliphatic carbocycles. The van der Waals surface area contributed by atoms with E-state index in [0.29, 0.717) is 19.1 Å². The SMILES string of the molecule is COC(=O)N1CCC[C@H](c2ccnn2C2CCCCO2)[C@@H]1CO[C@H]1CC[C@@H](c2ccccc2)CC1. The van der Waals surface area contributed by atoms with Crippen LogP contribution in [0.25, 0.3) is 0 Å². The van der Waals surface area contributed by atoms with E-state index >= 15 is 0 Å². The first-order valence-corrected chi connectivity index (χ1v) is 13.4. The van der Waals surface area contributed by atoms with Crippen molar-refractivity contribution >= 4 is 6.09 Å². The molecular weight excluding hydrogens is 442 g/mol. The van der Waals surface area contributed by atoms with Crippen molar-refractivity contribution in [3.63, 3.8) is 0 Å². The standard InChI is InChI=1S/C28H39N3O4/c1-33-28(32)30-18-7-10-24(25-16-17-29-31(25)27-11-5-6-19-34-27)26(30)20-35-23-14-12-22(13-15-23)21-8-3-2-4-9-21/h2-4,8-9,16-17,22-24,26-27H,5-7,10-15,18-20H2,1H3/t22-,23+,24-,26+,27?/m1/s1. The summed E-state index contributed by atoms with van der Waals surface area (Å²) in [7, 11) is 1.47. The van der Waals surface area contributed by atoms with Crippen molar-refractivity contribution in [3.8, 4) is 0 Å². The van der Waals surface area contributed by atoms with Gasteiger partial charge in [0.2, 0.25) is 0 Å². The summed E-state index contributed by atoms with van der Waals surface area (Å²) in [5.74, 6) is 0.770. The fourth-order valence-corrected chi connectivity index (χ4v) is 6.25. The molecule has 0 spiro atoms. The van der Waals surface area contributed by atoms with E-state index in [9.17, 15) is 4.79 Å². The molecule has 190 valence electrons. The van der Waals surface area contributed by atoms with Gasteiger partial charge in [0.1, 0.15) is 6.23 Å². The second kappa shape index (κ2) is 11.6. The lowest BCUT2D eigenvalue weighted by atomic mass is 9.82. The zero-order chi connectivity index (χ0) is 24.0. The van der Waals surface area contributed by atoms with E-state index in [4.69, 9.17) is 14.2 Å². The van der Waals surface area contributed by atoms with Crippen LogP contribution < -0.4 is 0 Å². The van der Waals surface area contributed by atoms with Crippen LogP contribution in [0.15, 0.2) is 42.6 Å². The van der Waals surface area contributed by atoms with Gasteiger partial charge in [-0.05, 0) is 75.3 Å². The minimum Gasteiger partial charge on any atom is -0.453 e. The lowest BCUT2D eigenvalue weighted by Crippen LogP contribution is -2.51. The molecule has 3 atom stereocenters. The highest BCUT2D eigenvalue weighted by Gasteiger charge is 2.39. The zero-order valence-electron chi connectivity index (χ0n) is 20.9. The van der Waals surface area contributed by atoms with Crippen LogP contribution in [0.3, 0.4) is 0 Å². The summed E-state index contributed by atoms with van der Waals surface area (Å²) in [5.41, 5.74) is 2.58. The maximum Gasteiger partial charge on any atom is 0.409 e. The van der Waals surface area contributed by atoms with E-state index in [1.165, 1.54) is 12.7 Å². The van der Waals surface area contributed by atoms with Crippen LogP contribution in [0.2, 0.25) is 0 Å². The molecule has 0 radical (unpaired) electrons. The van der Waals surface area contributed by atoms with E-state index in [0.717, 1.165) is 70.1 Å². The number of benzene rings is 1. The number of nitrogens with zero attached hydrogens (tertiary/aromatic N) is 3. The summed E-state index contributed by atoms with van der Waals surface area (Å²) in [6.07, 6.45) is 11.4. The first-order valence-electron chi connectivity index (χ1n) is 13.4. The van der Waals surface area contributed by atoms with Crippen molar-refractivity contribution in [2.24, 2.45) is 0 Å². The van der Waals surface area contributed by atoms with Crippen molar-refractivity contribution in [2.45, 2.75) is 88.0 Å². The molecule has 7 nitrogen and oxygen atoms in total. The fraction of sp³-hybridized carbons (Fsp3) is 0.643. The third-order valence-corrected chi connectivity index (χ3v) is 8.15. The van der Waals surface area contributed by atoms with Gasteiger partial charge < -0.3 is 19.1 Å². The number of ether oxygens (including phenoxy) is 3. The zero-order valence-corrected chi connectivity index (χ0v) is 20.9. The van der Waals surface area contributed by atoms with E-state index in [-0.39, 0.29) is 30.4 Å². The van der Waals surface area contributed by atoms with Gasteiger partial charge in [0.25, 0.3) is 0 Å². The first kappa shape index (κ1) is 24.3. The van der Waals surface area contributed by atoms with Gasteiger partial charge in [-0.15, -0.1) is 0 Å². The lowest BCUT2D eigenvalue weighted by Gasteiger charge is -2.42. The largest absolute Gasteiger partial charge is 0.453 e. The number of likely N-dealkylation sites (tertiary alicyclic amines) is 1. The molecule has 0 N–H and O–H groups in total. The average molecular weight is 482 g/mol. The Morgan fingerprint density at radius 3 is 2.60 bits per heavy atom. The van der Waals surface area contributed by atoms with Crippen LogP contribution in [-0.2, 0) is 14.2 Å². The monoisotopic (exact) mass is 481 g/mol. The van der Waals surface area contributed by atoms with Gasteiger partial charge in [-0.2, -0.15) is 5.10 Å². The highest BCUT2D eigenvalue weighted by Crippen LogP contribution is 2.38. The Morgan fingerprint density at radius 1 is 1.03 bits per heavy atom. The highest BCUT2D eigenvalue weighted by molar-refractivity contribution is 5.68. The molecular formula is C28H39N3O4. The molecule has 2 aromatic rings. The Bertz CT molecular complexity index is 935. The van der Waals surface area contributed by atoms with E-state index in [1.807, 2.05) is 11.1 Å². The lowest BCUT2D eigenvalue weighted by molar-refractivity contribution is -0.0467. The molecule has 2 saturated heterocycles. The molecule has 3 aliphatic rings. The fourth-order valence-electron chi connectivity index (χ4n) is 6.25. The van der Waals surface area contributed by atoms with Crippen molar-refractivity contribution in [3.05, 3.63) is 53.9 Å². The number of piperidine rings is 1. The smallest absolute Gasteiger partial charge is 0.409 e. The number of amides is 1. The maximum absolute atomic E-state index is 12.7. The Labute approximate surface area is 208 Å². The maximum atomic E-state index is 12.7. The van der Waals surface area contributed by atoms with Crippen molar-refractivity contribution in [2.75, 3.05) is 26.9 Å². The number of aromatic nitrogens is 2. The summed E-state index contributed by atoms with van der Waals surface area (Å²) in [6.45, 7) is 2.00. The van der Waals surface area contributed by atoms with Gasteiger partial charge in [-0.1, -0.05) is 30.3 Å². The Hall–Kier alpha value is -2.38. The van der Waals surface area contributed by atoms with Gasteiger partial charge in [0.15, 0.2) is 0 Å². The Balaban J connectivity index is 1.27. The van der Waals surface area contributed by atoms with Crippen LogP contribution in [0, 0.1) is 0 Å². The van der Waals surface area contributed by atoms with Crippen LogP contribution in [0.4, 0.5) is 4.79 Å². The van der Waals surface area contributed by atoms with Crippen molar-refractivity contribution in [1.82, 2.24) is 14.7 Å². The van der Waals surface area contributed by atoms with Gasteiger partial charge in [0, 0.05) is 31.0 Å². The minimum absolute atomic E-state index is 0.0166. The van der Waals surface area contributed by atoms with Crippen LogP contribution in [-0.4, -0.2) is 59.8 Å². The Morgan fingerprint density at radius 2 is 1.86 bits per heavy atom. The van der Waals surface area contributed by atoms with Crippen LogP contribution in [0.5, 0.6) is 0 Å². The van der Waals surface area contributed by atoms with Crippen molar-refractivity contribution < 1.29 is 19.0 Å². The number of carbonyl (C=O) groups excluding carboxylic acids is 1. The molecule has 7 heteroatoms. The third kappa shape index (κ3) is 5.56. The van der Waals surface area contributed by atoms with E-state index < -0.39 is 0 Å². The number of rotatable bonds is 6. The quantitative estimate of drug-likeness (QED) is 0.534. The highest BCUT2D eigenvalue weighted by atomic mass is 16.5. The van der Waals surface area contributed by atoms with Crippen LogP contribution >= 0.6 is 0 Å². The first-order chi connectivity index (χ1) is 17.2. The summed E-state index contributed by atoms with van der Waals surface area (Å²) < 4.78 is 19.8. The third-order valence-electron chi connectivity index (χ3n) is 8.15. The minimum atomic E-state index is -0.268. The average Bonchev–Trinajstić information content (AvgIpc) is 3.42. The van der Waals surface area contributed by atoms with E-state index in [2.05, 4.69) is 46.2 Å². The summed E-state index contributed by atoms with van der Waals surface area (Å²) in [5, 5.41) is 4.64. The summed E-state index contributed by atoms with van der Waals surface area (Å²) in [6, 6.07) is 12.9. The molecule has 3 fully saturated rings. The molecule has 1 amide bonds. The molecule has 1 unspecified atom stereocenters. The van der Waals surface area contributed by atoms with Gasteiger partial charge in [0.05, 0.1) is 25.9 Å². The normalized spacial score (nSPS) is 29.6. The predicted molar refractivity (Wildman–Crippen MR) is 133 cm³/mol. The number of methoxy groups -OCH3 is 1. The van der Waals surface area contributed by atoms with E-state index in [1.54, 1.807) is 0 Å². The van der Waals surface area contributed by atoms with Crippen molar-refractivity contribution in [1.29, 1.82) is 0 Å². The van der Waals surface area contributed by atoms with Gasteiger partial charge in [-0.3, -0.25) is 0 Å². The van der Waals surface area contributed by atoms with Gasteiger partial charge >= 0.3 is 6.09 Å². The second-order valence-electron chi connectivity index (χ2n) is 10.2. The molecule has 35 heavy (non-hydrogen) atoms.